The smallest absolute Gasteiger partial charge is 0.338 e. The van der Waals surface area contributed by atoms with E-state index in [1.165, 1.54) is 32.1 Å². The number of rotatable bonds is 12. The predicted octanol–water partition coefficient (Wildman–Crippen LogP) is 4.74. The third-order valence-corrected chi connectivity index (χ3v) is 3.76. The van der Waals surface area contributed by atoms with Gasteiger partial charge < -0.3 is 9.84 Å². The summed E-state index contributed by atoms with van der Waals surface area (Å²) in [5, 5.41) is 9.15. The summed E-state index contributed by atoms with van der Waals surface area (Å²) < 4.78 is 5.25. The molecule has 1 aromatic rings. The van der Waals surface area contributed by atoms with Gasteiger partial charge in [-0.15, -0.1) is 0 Å². The fourth-order valence-electron chi connectivity index (χ4n) is 2.42. The van der Waals surface area contributed by atoms with Crippen LogP contribution < -0.4 is 0 Å². The standard InChI is InChI=1S/C19H30O3/c1-17(20)13-9-6-4-2-3-5-7-12-16-22-19(21)18-14-10-8-11-15-18/h8,10-11,14-15,17,20H,2-7,9,12-13,16H2,1H3. The minimum Gasteiger partial charge on any atom is -0.462 e. The topological polar surface area (TPSA) is 46.5 Å². The Morgan fingerprint density at radius 2 is 1.50 bits per heavy atom. The Morgan fingerprint density at radius 1 is 0.955 bits per heavy atom. The van der Waals surface area contributed by atoms with Gasteiger partial charge in [0.25, 0.3) is 0 Å². The van der Waals surface area contributed by atoms with E-state index in [0.29, 0.717) is 12.2 Å². The molecule has 1 unspecified atom stereocenters. The highest BCUT2D eigenvalue weighted by molar-refractivity contribution is 5.89. The van der Waals surface area contributed by atoms with Crippen molar-refractivity contribution < 1.29 is 14.6 Å². The highest BCUT2D eigenvalue weighted by Crippen LogP contribution is 2.11. The Bertz CT molecular complexity index is 387. The molecule has 1 aromatic carbocycles. The fourth-order valence-corrected chi connectivity index (χ4v) is 2.42. The van der Waals surface area contributed by atoms with Gasteiger partial charge >= 0.3 is 5.97 Å². The Morgan fingerprint density at radius 3 is 2.09 bits per heavy atom. The summed E-state index contributed by atoms with van der Waals surface area (Å²) in [5.41, 5.74) is 0.625. The van der Waals surface area contributed by atoms with Gasteiger partial charge in [0, 0.05) is 0 Å². The molecular formula is C19H30O3. The quantitative estimate of drug-likeness (QED) is 0.448. The number of hydrogen-bond donors (Lipinski definition) is 1. The lowest BCUT2D eigenvalue weighted by molar-refractivity contribution is 0.0497. The first-order chi connectivity index (χ1) is 10.7. The number of aliphatic hydroxyl groups is 1. The van der Waals surface area contributed by atoms with Crippen LogP contribution in [0.25, 0.3) is 0 Å². The molecule has 22 heavy (non-hydrogen) atoms. The van der Waals surface area contributed by atoms with E-state index in [0.717, 1.165) is 25.7 Å². The van der Waals surface area contributed by atoms with E-state index in [1.54, 1.807) is 12.1 Å². The van der Waals surface area contributed by atoms with Crippen molar-refractivity contribution in [3.8, 4) is 0 Å². The number of benzene rings is 1. The van der Waals surface area contributed by atoms with Crippen LogP contribution in [0.3, 0.4) is 0 Å². The van der Waals surface area contributed by atoms with Gasteiger partial charge in [0.1, 0.15) is 0 Å². The molecule has 0 spiro atoms. The van der Waals surface area contributed by atoms with E-state index in [1.807, 2.05) is 25.1 Å². The molecule has 0 aliphatic rings. The SMILES string of the molecule is CC(O)CCCCCCCCCCOC(=O)c1ccccc1. The molecule has 0 aromatic heterocycles. The minimum atomic E-state index is -0.223. The van der Waals surface area contributed by atoms with E-state index < -0.39 is 0 Å². The van der Waals surface area contributed by atoms with E-state index in [4.69, 9.17) is 9.84 Å². The van der Waals surface area contributed by atoms with Crippen molar-refractivity contribution in [1.29, 1.82) is 0 Å². The zero-order chi connectivity index (χ0) is 16.0. The lowest BCUT2D eigenvalue weighted by Crippen LogP contribution is -2.06. The molecule has 1 atom stereocenters. The van der Waals surface area contributed by atoms with Gasteiger partial charge in [-0.2, -0.15) is 0 Å². The van der Waals surface area contributed by atoms with Crippen LogP contribution in [0.5, 0.6) is 0 Å². The van der Waals surface area contributed by atoms with Crippen LogP contribution in [0.2, 0.25) is 0 Å². The first-order valence-corrected chi connectivity index (χ1v) is 8.60. The molecule has 0 heterocycles. The van der Waals surface area contributed by atoms with Crippen LogP contribution in [0.15, 0.2) is 30.3 Å². The molecule has 0 radical (unpaired) electrons. The van der Waals surface area contributed by atoms with Gasteiger partial charge in [-0.3, -0.25) is 0 Å². The molecular weight excluding hydrogens is 276 g/mol. The number of esters is 1. The molecule has 1 N–H and O–H groups in total. The summed E-state index contributed by atoms with van der Waals surface area (Å²) in [6.45, 7) is 2.37. The average Bonchev–Trinajstić information content (AvgIpc) is 2.53. The molecule has 0 aliphatic heterocycles. The maximum absolute atomic E-state index is 11.7. The molecule has 0 bridgehead atoms. The maximum Gasteiger partial charge on any atom is 0.338 e. The van der Waals surface area contributed by atoms with E-state index in [2.05, 4.69) is 0 Å². The summed E-state index contributed by atoms with van der Waals surface area (Å²) in [5.74, 6) is -0.223. The molecule has 0 aliphatic carbocycles. The molecule has 0 fully saturated rings. The molecule has 0 saturated carbocycles. The number of ether oxygens (including phenoxy) is 1. The first kappa shape index (κ1) is 18.7. The molecule has 0 saturated heterocycles. The van der Waals surface area contributed by atoms with Crippen molar-refractivity contribution in [2.24, 2.45) is 0 Å². The van der Waals surface area contributed by atoms with Gasteiger partial charge in [0.05, 0.1) is 18.3 Å². The normalized spacial score (nSPS) is 12.1. The van der Waals surface area contributed by atoms with Crippen molar-refractivity contribution in [3.63, 3.8) is 0 Å². The summed E-state index contributed by atoms with van der Waals surface area (Å²) in [6, 6.07) is 9.14. The van der Waals surface area contributed by atoms with Crippen LogP contribution in [0, 0.1) is 0 Å². The Labute approximate surface area is 134 Å². The average molecular weight is 306 g/mol. The number of aliphatic hydroxyl groups excluding tert-OH is 1. The van der Waals surface area contributed by atoms with Gasteiger partial charge in [-0.1, -0.05) is 63.1 Å². The minimum absolute atomic E-state index is 0.154. The Kier molecular flexibility index (Phi) is 10.4. The Balaban J connectivity index is 1.87. The second-order valence-electron chi connectivity index (χ2n) is 5.97. The fraction of sp³-hybridized carbons (Fsp3) is 0.632. The lowest BCUT2D eigenvalue weighted by Gasteiger charge is -2.05. The van der Waals surface area contributed by atoms with Crippen molar-refractivity contribution in [1.82, 2.24) is 0 Å². The van der Waals surface area contributed by atoms with E-state index in [9.17, 15) is 4.79 Å². The highest BCUT2D eigenvalue weighted by atomic mass is 16.5. The van der Waals surface area contributed by atoms with Crippen LogP contribution >= 0.6 is 0 Å². The van der Waals surface area contributed by atoms with Gasteiger partial charge in [-0.05, 0) is 31.9 Å². The zero-order valence-electron chi connectivity index (χ0n) is 13.8. The largest absolute Gasteiger partial charge is 0.462 e. The van der Waals surface area contributed by atoms with Crippen LogP contribution in [-0.4, -0.2) is 23.8 Å². The second-order valence-corrected chi connectivity index (χ2v) is 5.97. The summed E-state index contributed by atoms with van der Waals surface area (Å²) in [7, 11) is 0. The number of unbranched alkanes of at least 4 members (excludes halogenated alkanes) is 7. The third kappa shape index (κ3) is 9.56. The molecule has 1 rings (SSSR count). The molecule has 0 amide bonds. The third-order valence-electron chi connectivity index (χ3n) is 3.76. The van der Waals surface area contributed by atoms with Crippen LogP contribution in [-0.2, 0) is 4.74 Å². The van der Waals surface area contributed by atoms with Gasteiger partial charge in [0.15, 0.2) is 0 Å². The number of hydrogen-bond acceptors (Lipinski definition) is 3. The number of carbonyl (C=O) groups excluding carboxylic acids is 1. The second kappa shape index (κ2) is 12.2. The van der Waals surface area contributed by atoms with Gasteiger partial charge in [0.2, 0.25) is 0 Å². The molecule has 3 nitrogen and oxygen atoms in total. The van der Waals surface area contributed by atoms with Gasteiger partial charge in [-0.25, -0.2) is 4.79 Å². The van der Waals surface area contributed by atoms with Crippen LogP contribution in [0.4, 0.5) is 0 Å². The maximum atomic E-state index is 11.7. The van der Waals surface area contributed by atoms with Crippen molar-refractivity contribution in [2.75, 3.05) is 6.61 Å². The van der Waals surface area contributed by atoms with Crippen LogP contribution in [0.1, 0.15) is 75.1 Å². The molecule has 3 heteroatoms. The first-order valence-electron chi connectivity index (χ1n) is 8.60. The molecule has 124 valence electrons. The predicted molar refractivity (Wildman–Crippen MR) is 90.0 cm³/mol. The van der Waals surface area contributed by atoms with Crippen molar-refractivity contribution in [2.45, 2.75) is 70.8 Å². The zero-order valence-corrected chi connectivity index (χ0v) is 13.8. The van der Waals surface area contributed by atoms with E-state index in [-0.39, 0.29) is 12.1 Å². The lowest BCUT2D eigenvalue weighted by atomic mass is 10.1. The summed E-state index contributed by atoms with van der Waals surface area (Å²) >= 11 is 0. The van der Waals surface area contributed by atoms with E-state index >= 15 is 0 Å². The van der Waals surface area contributed by atoms with Crippen molar-refractivity contribution in [3.05, 3.63) is 35.9 Å². The summed E-state index contributed by atoms with van der Waals surface area (Å²) in [6.07, 6.45) is 10.2. The monoisotopic (exact) mass is 306 g/mol. The highest BCUT2D eigenvalue weighted by Gasteiger charge is 2.04. The number of carbonyl (C=O) groups is 1. The van der Waals surface area contributed by atoms with Crippen molar-refractivity contribution >= 4 is 5.97 Å². The Hall–Kier alpha value is -1.35. The summed E-state index contributed by atoms with van der Waals surface area (Å²) in [4.78, 5) is 11.7.